The Hall–Kier alpha value is -2.61. The lowest BCUT2D eigenvalue weighted by molar-refractivity contribution is 0.0928. The molecule has 0 bridgehead atoms. The molecule has 0 radical (unpaired) electrons. The summed E-state index contributed by atoms with van der Waals surface area (Å²) in [6.45, 7) is 5.53. The first-order chi connectivity index (χ1) is 11.0. The Bertz CT molecular complexity index is 842. The van der Waals surface area contributed by atoms with Crippen molar-refractivity contribution in [3.8, 4) is 11.4 Å². The Morgan fingerprint density at radius 1 is 1.35 bits per heavy atom. The zero-order valence-corrected chi connectivity index (χ0v) is 13.7. The molecular weight excluding hydrogens is 314 g/mol. The number of aryl methyl sites for hydroxylation is 2. The van der Waals surface area contributed by atoms with Gasteiger partial charge in [0.15, 0.2) is 0 Å². The predicted octanol–water partition coefficient (Wildman–Crippen LogP) is 2.70. The van der Waals surface area contributed by atoms with Crippen LogP contribution in [0.3, 0.4) is 0 Å². The predicted molar refractivity (Wildman–Crippen MR) is 85.0 cm³/mol. The highest BCUT2D eigenvalue weighted by Crippen LogP contribution is 2.19. The topological polar surface area (TPSA) is 93.8 Å². The molecule has 0 fully saturated rings. The highest BCUT2D eigenvalue weighted by atomic mass is 32.1. The number of hydrogen-bond donors (Lipinski definition) is 1. The van der Waals surface area contributed by atoms with Gasteiger partial charge in [-0.05, 0) is 32.9 Å². The number of carbonyl (C=O) groups excluding carboxylic acids is 1. The first-order valence-corrected chi connectivity index (χ1v) is 7.90. The van der Waals surface area contributed by atoms with Crippen LogP contribution < -0.4 is 5.32 Å². The van der Waals surface area contributed by atoms with Gasteiger partial charge in [-0.15, -0.1) is 11.3 Å². The summed E-state index contributed by atoms with van der Waals surface area (Å²) in [6, 6.07) is 3.27. The second-order valence-corrected chi connectivity index (χ2v) is 6.15. The standard InChI is InChI=1S/C15H15N5O2S/c1-8-6-11(4-5-16-8)13-19-15(22-20-13)9(2)17-14(21)12-7-23-10(3)18-12/h4-7,9H,1-3H3,(H,17,21)/t9-/m0/s1. The van der Waals surface area contributed by atoms with Gasteiger partial charge < -0.3 is 9.84 Å². The van der Waals surface area contributed by atoms with Crippen LogP contribution in [0.2, 0.25) is 0 Å². The van der Waals surface area contributed by atoms with Crippen LogP contribution in [-0.2, 0) is 0 Å². The lowest BCUT2D eigenvalue weighted by Gasteiger charge is -2.07. The Labute approximate surface area is 136 Å². The van der Waals surface area contributed by atoms with E-state index >= 15 is 0 Å². The fourth-order valence-electron chi connectivity index (χ4n) is 2.01. The molecule has 23 heavy (non-hydrogen) atoms. The number of amides is 1. The van der Waals surface area contributed by atoms with E-state index in [0.717, 1.165) is 16.3 Å². The zero-order chi connectivity index (χ0) is 16.4. The molecule has 7 nitrogen and oxygen atoms in total. The number of aromatic nitrogens is 4. The normalized spacial score (nSPS) is 12.1. The number of carbonyl (C=O) groups is 1. The third-order valence-electron chi connectivity index (χ3n) is 3.17. The minimum absolute atomic E-state index is 0.263. The van der Waals surface area contributed by atoms with Gasteiger partial charge in [0, 0.05) is 22.8 Å². The van der Waals surface area contributed by atoms with Crippen molar-refractivity contribution in [2.24, 2.45) is 0 Å². The van der Waals surface area contributed by atoms with Gasteiger partial charge in [0.05, 0.1) is 5.01 Å². The van der Waals surface area contributed by atoms with E-state index in [4.69, 9.17) is 4.52 Å². The van der Waals surface area contributed by atoms with Crippen molar-refractivity contribution in [2.45, 2.75) is 26.8 Å². The SMILES string of the molecule is Cc1cc(-c2noc([C@H](C)NC(=O)c3csc(C)n3)n2)ccn1. The number of thiazole rings is 1. The molecule has 1 atom stereocenters. The molecule has 0 spiro atoms. The van der Waals surface area contributed by atoms with E-state index in [-0.39, 0.29) is 5.91 Å². The molecule has 0 aromatic carbocycles. The Morgan fingerprint density at radius 3 is 2.87 bits per heavy atom. The van der Waals surface area contributed by atoms with Crippen LogP contribution in [0.4, 0.5) is 0 Å². The van der Waals surface area contributed by atoms with Gasteiger partial charge in [-0.3, -0.25) is 9.78 Å². The highest BCUT2D eigenvalue weighted by molar-refractivity contribution is 7.09. The molecule has 0 saturated heterocycles. The van der Waals surface area contributed by atoms with Gasteiger partial charge >= 0.3 is 0 Å². The molecule has 0 aliphatic carbocycles. The molecule has 3 heterocycles. The van der Waals surface area contributed by atoms with Crippen molar-refractivity contribution < 1.29 is 9.32 Å². The molecule has 1 amide bonds. The van der Waals surface area contributed by atoms with E-state index in [1.807, 2.05) is 26.0 Å². The molecule has 0 unspecified atom stereocenters. The number of hydrogen-bond acceptors (Lipinski definition) is 7. The molecule has 0 saturated carbocycles. The Kier molecular flexibility index (Phi) is 4.16. The van der Waals surface area contributed by atoms with Gasteiger partial charge in [-0.1, -0.05) is 5.16 Å². The van der Waals surface area contributed by atoms with Gasteiger partial charge in [0.25, 0.3) is 5.91 Å². The first kappa shape index (κ1) is 15.3. The van der Waals surface area contributed by atoms with E-state index in [1.54, 1.807) is 18.5 Å². The second-order valence-electron chi connectivity index (χ2n) is 5.09. The average molecular weight is 329 g/mol. The summed E-state index contributed by atoms with van der Waals surface area (Å²) in [5.41, 5.74) is 2.08. The molecule has 3 rings (SSSR count). The van der Waals surface area contributed by atoms with Crippen LogP contribution in [-0.4, -0.2) is 26.0 Å². The van der Waals surface area contributed by atoms with Gasteiger partial charge in [0.1, 0.15) is 11.7 Å². The van der Waals surface area contributed by atoms with Crippen molar-refractivity contribution in [3.63, 3.8) is 0 Å². The third-order valence-corrected chi connectivity index (χ3v) is 3.94. The molecular formula is C15H15N5O2S. The number of rotatable bonds is 4. The van der Waals surface area contributed by atoms with E-state index < -0.39 is 6.04 Å². The second kappa shape index (κ2) is 6.25. The van der Waals surface area contributed by atoms with Crippen molar-refractivity contribution in [1.29, 1.82) is 0 Å². The fourth-order valence-corrected chi connectivity index (χ4v) is 2.61. The quantitative estimate of drug-likeness (QED) is 0.791. The maximum Gasteiger partial charge on any atom is 0.271 e. The molecule has 0 aliphatic rings. The van der Waals surface area contributed by atoms with Crippen molar-refractivity contribution >= 4 is 17.2 Å². The van der Waals surface area contributed by atoms with E-state index in [0.29, 0.717) is 17.4 Å². The largest absolute Gasteiger partial charge is 0.339 e. The summed E-state index contributed by atoms with van der Waals surface area (Å²) in [6.07, 6.45) is 1.69. The lowest BCUT2D eigenvalue weighted by atomic mass is 10.2. The summed E-state index contributed by atoms with van der Waals surface area (Å²) in [7, 11) is 0. The van der Waals surface area contributed by atoms with Crippen molar-refractivity contribution in [2.75, 3.05) is 0 Å². The molecule has 0 aliphatic heterocycles. The van der Waals surface area contributed by atoms with Gasteiger partial charge in [-0.2, -0.15) is 4.98 Å². The molecule has 8 heteroatoms. The number of pyridine rings is 1. The van der Waals surface area contributed by atoms with E-state index in [1.165, 1.54) is 11.3 Å². The van der Waals surface area contributed by atoms with Crippen molar-refractivity contribution in [1.82, 2.24) is 25.4 Å². The minimum atomic E-state index is -0.409. The smallest absolute Gasteiger partial charge is 0.271 e. The van der Waals surface area contributed by atoms with Crippen LogP contribution in [0.15, 0.2) is 28.2 Å². The lowest BCUT2D eigenvalue weighted by Crippen LogP contribution is -2.27. The zero-order valence-electron chi connectivity index (χ0n) is 12.9. The van der Waals surface area contributed by atoms with Gasteiger partial charge in [0.2, 0.25) is 11.7 Å². The number of nitrogens with zero attached hydrogens (tertiary/aromatic N) is 4. The summed E-state index contributed by atoms with van der Waals surface area (Å²) in [5, 5.41) is 9.31. The van der Waals surface area contributed by atoms with Crippen molar-refractivity contribution in [3.05, 3.63) is 46.0 Å². The summed E-state index contributed by atoms with van der Waals surface area (Å²) < 4.78 is 5.25. The van der Waals surface area contributed by atoms with E-state index in [9.17, 15) is 4.79 Å². The molecule has 3 aromatic heterocycles. The number of nitrogens with one attached hydrogen (secondary N) is 1. The fraction of sp³-hybridized carbons (Fsp3) is 0.267. The minimum Gasteiger partial charge on any atom is -0.339 e. The third kappa shape index (κ3) is 3.42. The maximum absolute atomic E-state index is 12.1. The van der Waals surface area contributed by atoms with E-state index in [2.05, 4.69) is 25.4 Å². The van der Waals surface area contributed by atoms with Gasteiger partial charge in [-0.25, -0.2) is 4.98 Å². The monoisotopic (exact) mass is 329 g/mol. The summed E-state index contributed by atoms with van der Waals surface area (Å²) in [4.78, 5) is 24.7. The van der Waals surface area contributed by atoms with Crippen LogP contribution >= 0.6 is 11.3 Å². The molecule has 3 aromatic rings. The average Bonchev–Trinajstić information content (AvgIpc) is 3.16. The van der Waals surface area contributed by atoms with Crippen LogP contribution in [0.5, 0.6) is 0 Å². The Morgan fingerprint density at radius 2 is 2.17 bits per heavy atom. The summed E-state index contributed by atoms with van der Waals surface area (Å²) >= 11 is 1.43. The van der Waals surface area contributed by atoms with Crippen LogP contribution in [0.1, 0.15) is 40.0 Å². The van der Waals surface area contributed by atoms with Crippen LogP contribution in [0.25, 0.3) is 11.4 Å². The molecule has 118 valence electrons. The first-order valence-electron chi connectivity index (χ1n) is 7.02. The summed E-state index contributed by atoms with van der Waals surface area (Å²) in [5.74, 6) is 0.548. The molecule has 1 N–H and O–H groups in total. The van der Waals surface area contributed by atoms with Crippen LogP contribution in [0, 0.1) is 13.8 Å². The Balaban J connectivity index is 1.73. The maximum atomic E-state index is 12.1. The highest BCUT2D eigenvalue weighted by Gasteiger charge is 2.19.